The zero-order valence-electron chi connectivity index (χ0n) is 15.2. The first kappa shape index (κ1) is 19.9. The third kappa shape index (κ3) is 4.72. The van der Waals surface area contributed by atoms with Crippen molar-refractivity contribution in [2.24, 2.45) is 4.99 Å². The fraction of sp³-hybridized carbons (Fsp3) is 0.300. The normalized spacial score (nSPS) is 11.9. The van der Waals surface area contributed by atoms with Gasteiger partial charge in [0.2, 0.25) is 0 Å². The van der Waals surface area contributed by atoms with E-state index in [4.69, 9.17) is 27.9 Å². The number of nitrogens with zero attached hydrogens (tertiary/aromatic N) is 2. The third-order valence-corrected chi connectivity index (χ3v) is 5.64. The SMILES string of the molecule is CCCn1c(=NC(=O)COc2ccc(Cl)cc2Cl)sc2cc(CC)ccc21. The van der Waals surface area contributed by atoms with Crippen molar-refractivity contribution in [2.75, 3.05) is 6.61 Å². The van der Waals surface area contributed by atoms with E-state index in [1.165, 1.54) is 16.9 Å². The molecule has 7 heteroatoms. The molecular weight excluding hydrogens is 403 g/mol. The van der Waals surface area contributed by atoms with Gasteiger partial charge in [0, 0.05) is 11.6 Å². The molecule has 1 aromatic heterocycles. The third-order valence-electron chi connectivity index (χ3n) is 4.07. The van der Waals surface area contributed by atoms with E-state index in [1.54, 1.807) is 18.2 Å². The highest BCUT2D eigenvalue weighted by molar-refractivity contribution is 7.16. The number of ether oxygens (including phenoxy) is 1. The second-order valence-corrected chi connectivity index (χ2v) is 7.91. The number of amides is 1. The summed E-state index contributed by atoms with van der Waals surface area (Å²) in [5, 5.41) is 0.881. The molecule has 0 aliphatic heterocycles. The first-order valence-corrected chi connectivity index (χ1v) is 10.4. The van der Waals surface area contributed by atoms with Crippen LogP contribution in [0, 0.1) is 0 Å². The van der Waals surface area contributed by atoms with Gasteiger partial charge in [0.1, 0.15) is 5.75 Å². The summed E-state index contributed by atoms with van der Waals surface area (Å²) < 4.78 is 8.72. The van der Waals surface area contributed by atoms with Gasteiger partial charge in [0.05, 0.1) is 15.2 Å². The summed E-state index contributed by atoms with van der Waals surface area (Å²) in [5.74, 6) is 0.0584. The van der Waals surface area contributed by atoms with Crippen molar-refractivity contribution < 1.29 is 9.53 Å². The molecule has 0 N–H and O–H groups in total. The summed E-state index contributed by atoms with van der Waals surface area (Å²) in [7, 11) is 0. The number of aryl methyl sites for hydroxylation is 2. The van der Waals surface area contributed by atoms with Gasteiger partial charge in [-0.25, -0.2) is 0 Å². The molecular formula is C20H20Cl2N2O2S. The molecule has 1 heterocycles. The van der Waals surface area contributed by atoms with E-state index < -0.39 is 0 Å². The van der Waals surface area contributed by atoms with Gasteiger partial charge >= 0.3 is 0 Å². The minimum Gasteiger partial charge on any atom is -0.482 e. The monoisotopic (exact) mass is 422 g/mol. The maximum absolute atomic E-state index is 12.4. The molecule has 0 aliphatic carbocycles. The highest BCUT2D eigenvalue weighted by Crippen LogP contribution is 2.27. The molecule has 4 nitrogen and oxygen atoms in total. The zero-order valence-corrected chi connectivity index (χ0v) is 17.5. The van der Waals surface area contributed by atoms with Crippen LogP contribution in [0.15, 0.2) is 41.4 Å². The average Bonchev–Trinajstić information content (AvgIpc) is 2.97. The van der Waals surface area contributed by atoms with Crippen molar-refractivity contribution in [3.8, 4) is 5.75 Å². The van der Waals surface area contributed by atoms with E-state index >= 15 is 0 Å². The summed E-state index contributed by atoms with van der Waals surface area (Å²) in [5.41, 5.74) is 2.37. The molecule has 0 bridgehead atoms. The Morgan fingerprint density at radius 3 is 2.70 bits per heavy atom. The predicted octanol–water partition coefficient (Wildman–Crippen LogP) is 5.49. The van der Waals surface area contributed by atoms with Gasteiger partial charge in [0.15, 0.2) is 11.4 Å². The smallest absolute Gasteiger partial charge is 0.286 e. The molecule has 0 fully saturated rings. The van der Waals surface area contributed by atoms with Gasteiger partial charge in [-0.15, -0.1) is 0 Å². The molecule has 142 valence electrons. The molecule has 0 saturated carbocycles. The predicted molar refractivity (Wildman–Crippen MR) is 112 cm³/mol. The number of carbonyl (C=O) groups excluding carboxylic acids is 1. The van der Waals surface area contributed by atoms with E-state index in [1.807, 2.05) is 0 Å². The second kappa shape index (κ2) is 8.91. The number of aromatic nitrogens is 1. The maximum atomic E-state index is 12.4. The van der Waals surface area contributed by atoms with E-state index in [0.29, 0.717) is 20.6 Å². The van der Waals surface area contributed by atoms with Crippen LogP contribution in [-0.2, 0) is 17.8 Å². The van der Waals surface area contributed by atoms with E-state index in [-0.39, 0.29) is 12.5 Å². The number of hydrogen-bond donors (Lipinski definition) is 0. The topological polar surface area (TPSA) is 43.6 Å². The number of fused-ring (bicyclic) bond motifs is 1. The van der Waals surface area contributed by atoms with Gasteiger partial charge in [-0.2, -0.15) is 4.99 Å². The van der Waals surface area contributed by atoms with E-state index in [0.717, 1.165) is 29.6 Å². The Labute approximate surface area is 172 Å². The van der Waals surface area contributed by atoms with Crippen molar-refractivity contribution in [3.05, 3.63) is 56.8 Å². The minimum absolute atomic E-state index is 0.179. The molecule has 0 radical (unpaired) electrons. The Hall–Kier alpha value is -1.82. The van der Waals surface area contributed by atoms with Gasteiger partial charge in [-0.1, -0.05) is 54.5 Å². The van der Waals surface area contributed by atoms with Crippen LogP contribution >= 0.6 is 34.5 Å². The summed E-state index contributed by atoms with van der Waals surface area (Å²) in [6.45, 7) is 4.86. The zero-order chi connectivity index (χ0) is 19.4. The quantitative estimate of drug-likeness (QED) is 0.526. The van der Waals surface area contributed by atoms with Crippen LogP contribution < -0.4 is 9.54 Å². The van der Waals surface area contributed by atoms with Gasteiger partial charge < -0.3 is 9.30 Å². The van der Waals surface area contributed by atoms with Crippen LogP contribution in [0.5, 0.6) is 5.75 Å². The van der Waals surface area contributed by atoms with Gasteiger partial charge in [-0.3, -0.25) is 4.79 Å². The summed E-state index contributed by atoms with van der Waals surface area (Å²) in [4.78, 5) is 17.3. The molecule has 0 aliphatic rings. The van der Waals surface area contributed by atoms with Crippen molar-refractivity contribution in [3.63, 3.8) is 0 Å². The Balaban J connectivity index is 1.87. The van der Waals surface area contributed by atoms with Gasteiger partial charge in [0.25, 0.3) is 5.91 Å². The summed E-state index contributed by atoms with van der Waals surface area (Å²) in [6.07, 6.45) is 1.93. The number of benzene rings is 2. The molecule has 1 amide bonds. The molecule has 3 rings (SSSR count). The second-order valence-electron chi connectivity index (χ2n) is 6.06. The first-order valence-electron chi connectivity index (χ1n) is 8.79. The number of carbonyl (C=O) groups is 1. The highest BCUT2D eigenvalue weighted by Gasteiger charge is 2.10. The molecule has 27 heavy (non-hydrogen) atoms. The first-order chi connectivity index (χ1) is 13.0. The lowest BCUT2D eigenvalue weighted by Gasteiger charge is -2.06. The molecule has 0 atom stereocenters. The molecule has 0 unspecified atom stereocenters. The standard InChI is InChI=1S/C20H20Cl2N2O2S/c1-3-9-24-16-7-5-13(4-2)10-18(16)27-20(24)23-19(25)12-26-17-8-6-14(21)11-15(17)22/h5-8,10-11H,3-4,9,12H2,1-2H3. The highest BCUT2D eigenvalue weighted by atomic mass is 35.5. The lowest BCUT2D eigenvalue weighted by molar-refractivity contribution is -0.120. The van der Waals surface area contributed by atoms with E-state index in [9.17, 15) is 4.79 Å². The van der Waals surface area contributed by atoms with Crippen LogP contribution in [0.2, 0.25) is 10.0 Å². The lowest BCUT2D eigenvalue weighted by atomic mass is 10.2. The molecule has 0 spiro atoms. The molecule has 2 aromatic carbocycles. The Morgan fingerprint density at radius 2 is 2.00 bits per heavy atom. The van der Waals surface area contributed by atoms with Crippen molar-refractivity contribution in [1.29, 1.82) is 0 Å². The molecule has 3 aromatic rings. The summed E-state index contributed by atoms with van der Waals surface area (Å²) in [6, 6.07) is 11.3. The number of halogens is 2. The Kier molecular flexibility index (Phi) is 6.58. The largest absolute Gasteiger partial charge is 0.482 e. The van der Waals surface area contributed by atoms with Gasteiger partial charge in [-0.05, 0) is 48.7 Å². The van der Waals surface area contributed by atoms with Crippen LogP contribution in [0.1, 0.15) is 25.8 Å². The van der Waals surface area contributed by atoms with Crippen molar-refractivity contribution in [2.45, 2.75) is 33.2 Å². The van der Waals surface area contributed by atoms with Crippen molar-refractivity contribution >= 4 is 50.7 Å². The number of rotatable bonds is 6. The lowest BCUT2D eigenvalue weighted by Crippen LogP contribution is -2.19. The number of thiazole rings is 1. The fourth-order valence-corrected chi connectivity index (χ4v) is 4.33. The fourth-order valence-electron chi connectivity index (χ4n) is 2.73. The number of hydrogen-bond acceptors (Lipinski definition) is 3. The van der Waals surface area contributed by atoms with Crippen LogP contribution in [0.3, 0.4) is 0 Å². The Morgan fingerprint density at radius 1 is 1.19 bits per heavy atom. The van der Waals surface area contributed by atoms with Crippen LogP contribution in [0.4, 0.5) is 0 Å². The Bertz CT molecular complexity index is 1040. The molecule has 0 saturated heterocycles. The average molecular weight is 423 g/mol. The maximum Gasteiger partial charge on any atom is 0.286 e. The van der Waals surface area contributed by atoms with Crippen molar-refractivity contribution in [1.82, 2.24) is 4.57 Å². The van der Waals surface area contributed by atoms with Crippen LogP contribution in [0.25, 0.3) is 10.2 Å². The minimum atomic E-state index is -0.354. The van der Waals surface area contributed by atoms with E-state index in [2.05, 4.69) is 41.6 Å². The summed E-state index contributed by atoms with van der Waals surface area (Å²) >= 11 is 13.5. The van der Waals surface area contributed by atoms with Crippen LogP contribution in [-0.4, -0.2) is 17.1 Å².